The second-order valence-electron chi connectivity index (χ2n) is 8.81. The predicted molar refractivity (Wildman–Crippen MR) is 102 cm³/mol. The van der Waals surface area contributed by atoms with Crippen molar-refractivity contribution in [2.24, 2.45) is 0 Å². The molecule has 4 heterocycles. The van der Waals surface area contributed by atoms with Gasteiger partial charge in [0.05, 0.1) is 39.6 Å². The third kappa shape index (κ3) is 5.89. The third-order valence-electron chi connectivity index (χ3n) is 5.80. The molecule has 4 aliphatic heterocycles. The van der Waals surface area contributed by atoms with Gasteiger partial charge in [-0.15, -0.1) is 0 Å². The lowest BCUT2D eigenvalue weighted by Crippen LogP contribution is -2.38. The molecule has 0 saturated carbocycles. The Morgan fingerprint density at radius 3 is 1.66 bits per heavy atom. The summed E-state index contributed by atoms with van der Waals surface area (Å²) in [5, 5.41) is 0. The van der Waals surface area contributed by atoms with Gasteiger partial charge >= 0.3 is 0 Å². The van der Waals surface area contributed by atoms with E-state index in [9.17, 15) is 0 Å². The smallest absolute Gasteiger partial charge is 0.283 e. The highest BCUT2D eigenvalue weighted by Crippen LogP contribution is 2.35. The summed E-state index contributed by atoms with van der Waals surface area (Å²) in [4.78, 5) is 0. The summed E-state index contributed by atoms with van der Waals surface area (Å²) in [6.45, 7) is 6.85. The molecule has 8 heteroatoms. The zero-order valence-electron chi connectivity index (χ0n) is 17.8. The maximum absolute atomic E-state index is 6.04. The summed E-state index contributed by atoms with van der Waals surface area (Å²) < 4.78 is 47.4. The fourth-order valence-electron chi connectivity index (χ4n) is 4.13. The molecule has 168 valence electrons. The average molecular weight is 417 g/mol. The molecule has 0 aromatic heterocycles. The Hall–Kier alpha value is -0.320. The van der Waals surface area contributed by atoms with Crippen LogP contribution in [0.2, 0.25) is 0 Å². The van der Waals surface area contributed by atoms with Gasteiger partial charge in [-0.2, -0.15) is 0 Å². The van der Waals surface area contributed by atoms with Crippen LogP contribution >= 0.6 is 0 Å². The Morgan fingerprint density at radius 2 is 1.17 bits per heavy atom. The van der Waals surface area contributed by atoms with Crippen molar-refractivity contribution in [2.45, 2.75) is 95.2 Å². The number of hydrogen-bond acceptors (Lipinski definition) is 8. The van der Waals surface area contributed by atoms with E-state index in [1.807, 2.05) is 13.8 Å². The second kappa shape index (κ2) is 9.44. The fourth-order valence-corrected chi connectivity index (χ4v) is 4.13. The molecule has 0 N–H and O–H groups in total. The highest BCUT2D eigenvalue weighted by Gasteiger charge is 2.45. The van der Waals surface area contributed by atoms with E-state index < -0.39 is 17.7 Å². The SMILES string of the molecule is CC(C)(OCC1COC2(CCCCCO2)O1)OCC1COC2(CCCCCO2)O1. The van der Waals surface area contributed by atoms with Gasteiger partial charge in [0.25, 0.3) is 11.9 Å². The molecule has 4 aliphatic rings. The molecule has 4 fully saturated rings. The highest BCUT2D eigenvalue weighted by molar-refractivity contribution is 4.76. The first kappa shape index (κ1) is 21.9. The van der Waals surface area contributed by atoms with E-state index in [1.165, 1.54) is 0 Å². The highest BCUT2D eigenvalue weighted by atomic mass is 16.9. The standard InChI is InChI=1S/C21H36O8/c1-19(2,24-13-17-15-26-20(28-17)9-5-3-7-11-22-20)25-14-18-16-27-21(29-18)10-6-4-8-12-23-21/h17-18H,3-16H2,1-2H3. The number of hydrogen-bond donors (Lipinski definition) is 0. The summed E-state index contributed by atoms with van der Waals surface area (Å²) in [5.74, 6) is -2.53. The molecule has 0 amide bonds. The molecule has 0 aliphatic carbocycles. The molecule has 29 heavy (non-hydrogen) atoms. The topological polar surface area (TPSA) is 73.8 Å². The van der Waals surface area contributed by atoms with Gasteiger partial charge in [-0.05, 0) is 39.5 Å². The Bertz CT molecular complexity index is 465. The monoisotopic (exact) mass is 416 g/mol. The fraction of sp³-hybridized carbons (Fsp3) is 1.00. The van der Waals surface area contributed by atoms with Crippen LogP contribution in [-0.4, -0.2) is 69.6 Å². The number of rotatable bonds is 6. The first-order valence-corrected chi connectivity index (χ1v) is 11.2. The Kier molecular flexibility index (Phi) is 7.13. The van der Waals surface area contributed by atoms with Crippen LogP contribution in [0.4, 0.5) is 0 Å². The minimum atomic E-state index is -0.877. The van der Waals surface area contributed by atoms with Crippen LogP contribution in [0.5, 0.6) is 0 Å². The maximum atomic E-state index is 6.04. The van der Waals surface area contributed by atoms with Crippen molar-refractivity contribution in [3.8, 4) is 0 Å². The minimum absolute atomic E-state index is 0.162. The molecular formula is C21H36O8. The first-order chi connectivity index (χ1) is 14.0. The molecule has 4 rings (SSSR count). The molecule has 4 unspecified atom stereocenters. The minimum Gasteiger partial charge on any atom is -0.348 e. The van der Waals surface area contributed by atoms with Crippen molar-refractivity contribution >= 4 is 0 Å². The van der Waals surface area contributed by atoms with Crippen LogP contribution in [-0.2, 0) is 37.9 Å². The molecule has 4 atom stereocenters. The maximum Gasteiger partial charge on any atom is 0.283 e. The van der Waals surface area contributed by atoms with E-state index in [4.69, 9.17) is 37.9 Å². The van der Waals surface area contributed by atoms with Crippen molar-refractivity contribution in [3.05, 3.63) is 0 Å². The summed E-state index contributed by atoms with van der Waals surface area (Å²) in [5.41, 5.74) is 0. The van der Waals surface area contributed by atoms with Gasteiger partial charge in [-0.25, -0.2) is 0 Å². The molecular weight excluding hydrogens is 380 g/mol. The van der Waals surface area contributed by atoms with Crippen molar-refractivity contribution in [1.82, 2.24) is 0 Å². The average Bonchev–Trinajstić information content (AvgIpc) is 3.10. The van der Waals surface area contributed by atoms with Crippen molar-refractivity contribution in [1.29, 1.82) is 0 Å². The molecule has 0 aromatic rings. The first-order valence-electron chi connectivity index (χ1n) is 11.2. The zero-order chi connectivity index (χ0) is 20.2. The predicted octanol–water partition coefficient (Wildman–Crippen LogP) is 3.08. The van der Waals surface area contributed by atoms with Crippen LogP contribution < -0.4 is 0 Å². The summed E-state index contributed by atoms with van der Waals surface area (Å²) in [6.07, 6.45) is 7.72. The molecule has 2 spiro atoms. The van der Waals surface area contributed by atoms with Gasteiger partial charge in [-0.3, -0.25) is 0 Å². The van der Waals surface area contributed by atoms with E-state index in [2.05, 4.69) is 0 Å². The number of ether oxygens (including phenoxy) is 8. The van der Waals surface area contributed by atoms with E-state index in [1.54, 1.807) is 0 Å². The van der Waals surface area contributed by atoms with E-state index >= 15 is 0 Å². The molecule has 4 saturated heterocycles. The molecule has 0 aromatic carbocycles. The van der Waals surface area contributed by atoms with Gasteiger partial charge < -0.3 is 37.9 Å². The van der Waals surface area contributed by atoms with Crippen LogP contribution in [0.25, 0.3) is 0 Å². The lowest BCUT2D eigenvalue weighted by Gasteiger charge is -2.30. The van der Waals surface area contributed by atoms with Crippen molar-refractivity contribution in [3.63, 3.8) is 0 Å². The van der Waals surface area contributed by atoms with Gasteiger partial charge in [0, 0.05) is 12.8 Å². The second-order valence-corrected chi connectivity index (χ2v) is 8.81. The summed E-state index contributed by atoms with van der Waals surface area (Å²) in [7, 11) is 0. The Morgan fingerprint density at radius 1 is 0.690 bits per heavy atom. The zero-order valence-corrected chi connectivity index (χ0v) is 17.8. The van der Waals surface area contributed by atoms with Crippen molar-refractivity contribution in [2.75, 3.05) is 39.6 Å². The van der Waals surface area contributed by atoms with Gasteiger partial charge in [0.1, 0.15) is 12.2 Å². The van der Waals surface area contributed by atoms with Crippen molar-refractivity contribution < 1.29 is 37.9 Å². The Balaban J connectivity index is 1.18. The largest absolute Gasteiger partial charge is 0.348 e. The molecule has 0 radical (unpaired) electrons. The lowest BCUT2D eigenvalue weighted by molar-refractivity contribution is -0.343. The van der Waals surface area contributed by atoms with Gasteiger partial charge in [0.2, 0.25) is 0 Å². The normalized spacial score (nSPS) is 39.1. The lowest BCUT2D eigenvalue weighted by atomic mass is 10.2. The van der Waals surface area contributed by atoms with Crippen LogP contribution in [0.3, 0.4) is 0 Å². The van der Waals surface area contributed by atoms with Crippen LogP contribution in [0.15, 0.2) is 0 Å². The summed E-state index contributed by atoms with van der Waals surface area (Å²) in [6, 6.07) is 0. The van der Waals surface area contributed by atoms with E-state index in [0.29, 0.717) is 39.6 Å². The van der Waals surface area contributed by atoms with Gasteiger partial charge in [0.15, 0.2) is 5.79 Å². The Labute approximate surface area is 173 Å². The van der Waals surface area contributed by atoms with Crippen LogP contribution in [0.1, 0.15) is 65.2 Å². The molecule has 8 nitrogen and oxygen atoms in total. The van der Waals surface area contributed by atoms with E-state index in [0.717, 1.165) is 51.4 Å². The quantitative estimate of drug-likeness (QED) is 0.612. The summed E-state index contributed by atoms with van der Waals surface area (Å²) >= 11 is 0. The third-order valence-corrected chi connectivity index (χ3v) is 5.80. The molecule has 0 bridgehead atoms. The van der Waals surface area contributed by atoms with Gasteiger partial charge in [-0.1, -0.05) is 12.8 Å². The van der Waals surface area contributed by atoms with E-state index in [-0.39, 0.29) is 12.2 Å². The van der Waals surface area contributed by atoms with Crippen LogP contribution in [0, 0.1) is 0 Å².